The van der Waals surface area contributed by atoms with Crippen molar-refractivity contribution < 1.29 is 9.53 Å². The van der Waals surface area contributed by atoms with Crippen molar-refractivity contribution in [3.05, 3.63) is 18.3 Å². The molecule has 1 amide bonds. The largest absolute Gasteiger partial charge is 0.481 e. The molecule has 0 radical (unpaired) electrons. The molecule has 0 saturated carbocycles. The zero-order valence-corrected chi connectivity index (χ0v) is 11.4. The van der Waals surface area contributed by atoms with Crippen molar-refractivity contribution in [1.82, 2.24) is 9.88 Å². The number of nitrogens with one attached hydrogen (secondary N) is 1. The number of methoxy groups -OCH3 is 1. The molecule has 0 unspecified atom stereocenters. The summed E-state index contributed by atoms with van der Waals surface area (Å²) in [6.45, 7) is 2.48. The van der Waals surface area contributed by atoms with E-state index in [0.29, 0.717) is 18.8 Å². The van der Waals surface area contributed by atoms with Gasteiger partial charge in [-0.25, -0.2) is 4.98 Å². The Morgan fingerprint density at radius 3 is 2.95 bits per heavy atom. The topological polar surface area (TPSA) is 54.5 Å². The Kier molecular flexibility index (Phi) is 5.01. The molecule has 1 aromatic rings. The highest BCUT2D eigenvalue weighted by atomic mass is 16.5. The minimum Gasteiger partial charge on any atom is -0.481 e. The van der Waals surface area contributed by atoms with Gasteiger partial charge in [0, 0.05) is 44.0 Å². The van der Waals surface area contributed by atoms with Crippen LogP contribution in [-0.2, 0) is 4.79 Å². The number of ether oxygens (including phenoxy) is 1. The first kappa shape index (κ1) is 13.6. The minimum absolute atomic E-state index is 0.244. The average Bonchev–Trinajstić information content (AvgIpc) is 2.48. The standard InChI is InChI=1S/C14H21N3O2/c1-19-13-11-12(5-7-16-13)15-8-6-14(18)17-9-3-2-4-10-17/h5,7,11H,2-4,6,8-10H2,1H3,(H,15,16). The van der Waals surface area contributed by atoms with Crippen molar-refractivity contribution >= 4 is 11.6 Å². The Morgan fingerprint density at radius 1 is 1.42 bits per heavy atom. The van der Waals surface area contributed by atoms with Crippen LogP contribution in [0, 0.1) is 0 Å². The zero-order chi connectivity index (χ0) is 13.5. The molecule has 1 aromatic heterocycles. The number of amides is 1. The normalized spacial score (nSPS) is 15.1. The lowest BCUT2D eigenvalue weighted by molar-refractivity contribution is -0.131. The van der Waals surface area contributed by atoms with Gasteiger partial charge in [0.2, 0.25) is 11.8 Å². The van der Waals surface area contributed by atoms with Gasteiger partial charge in [0.05, 0.1) is 7.11 Å². The second-order valence-corrected chi connectivity index (χ2v) is 4.71. The number of likely N-dealkylation sites (tertiary alicyclic amines) is 1. The van der Waals surface area contributed by atoms with E-state index in [2.05, 4.69) is 10.3 Å². The van der Waals surface area contributed by atoms with Gasteiger partial charge in [-0.1, -0.05) is 0 Å². The molecule has 1 aliphatic heterocycles. The van der Waals surface area contributed by atoms with Crippen molar-refractivity contribution in [2.45, 2.75) is 25.7 Å². The number of hydrogen-bond donors (Lipinski definition) is 1. The molecule has 0 aromatic carbocycles. The predicted molar refractivity (Wildman–Crippen MR) is 74.3 cm³/mol. The number of aromatic nitrogens is 1. The molecule has 0 spiro atoms. The number of carbonyl (C=O) groups is 1. The second-order valence-electron chi connectivity index (χ2n) is 4.71. The number of nitrogens with zero attached hydrogens (tertiary/aromatic N) is 2. The monoisotopic (exact) mass is 263 g/mol. The lowest BCUT2D eigenvalue weighted by Crippen LogP contribution is -2.36. The molecule has 19 heavy (non-hydrogen) atoms. The molecule has 1 fully saturated rings. The first-order valence-electron chi connectivity index (χ1n) is 6.81. The summed E-state index contributed by atoms with van der Waals surface area (Å²) in [7, 11) is 1.59. The molecule has 2 heterocycles. The number of piperidine rings is 1. The van der Waals surface area contributed by atoms with Crippen LogP contribution in [0.5, 0.6) is 5.88 Å². The van der Waals surface area contributed by atoms with Gasteiger partial charge >= 0.3 is 0 Å². The van der Waals surface area contributed by atoms with Crippen LogP contribution >= 0.6 is 0 Å². The maximum absolute atomic E-state index is 12.0. The highest BCUT2D eigenvalue weighted by Crippen LogP contribution is 2.14. The van der Waals surface area contributed by atoms with Crippen LogP contribution in [-0.4, -0.2) is 42.5 Å². The van der Waals surface area contributed by atoms with Crippen molar-refractivity contribution in [1.29, 1.82) is 0 Å². The van der Waals surface area contributed by atoms with Crippen LogP contribution < -0.4 is 10.1 Å². The fourth-order valence-electron chi connectivity index (χ4n) is 2.25. The first-order valence-corrected chi connectivity index (χ1v) is 6.81. The van der Waals surface area contributed by atoms with Crippen molar-refractivity contribution in [2.75, 3.05) is 32.1 Å². The molecule has 0 bridgehead atoms. The van der Waals surface area contributed by atoms with Crippen LogP contribution in [0.25, 0.3) is 0 Å². The highest BCUT2D eigenvalue weighted by Gasteiger charge is 2.15. The lowest BCUT2D eigenvalue weighted by atomic mass is 10.1. The van der Waals surface area contributed by atoms with Crippen molar-refractivity contribution in [3.8, 4) is 5.88 Å². The van der Waals surface area contributed by atoms with E-state index in [1.54, 1.807) is 13.3 Å². The van der Waals surface area contributed by atoms with Crippen LogP contribution in [0.1, 0.15) is 25.7 Å². The highest BCUT2D eigenvalue weighted by molar-refractivity contribution is 5.76. The molecule has 104 valence electrons. The van der Waals surface area contributed by atoms with Gasteiger partial charge < -0.3 is 15.0 Å². The quantitative estimate of drug-likeness (QED) is 0.881. The molecule has 1 N–H and O–H groups in total. The Balaban J connectivity index is 1.74. The summed E-state index contributed by atoms with van der Waals surface area (Å²) in [6.07, 6.45) is 5.75. The van der Waals surface area contributed by atoms with Crippen LogP contribution in [0.4, 0.5) is 5.69 Å². The summed E-state index contributed by atoms with van der Waals surface area (Å²) >= 11 is 0. The molecule has 0 atom stereocenters. The molecule has 5 heteroatoms. The summed E-state index contributed by atoms with van der Waals surface area (Å²) in [5.74, 6) is 0.820. The van der Waals surface area contributed by atoms with Gasteiger partial charge in [-0.3, -0.25) is 4.79 Å². The lowest BCUT2D eigenvalue weighted by Gasteiger charge is -2.26. The third kappa shape index (κ3) is 4.12. The van der Waals surface area contributed by atoms with Gasteiger partial charge in [-0.05, 0) is 25.3 Å². The third-order valence-electron chi connectivity index (χ3n) is 3.32. The number of anilines is 1. The maximum atomic E-state index is 12.0. The van der Waals surface area contributed by atoms with E-state index in [0.717, 1.165) is 31.6 Å². The van der Waals surface area contributed by atoms with E-state index >= 15 is 0 Å². The Labute approximate surface area is 114 Å². The number of rotatable bonds is 5. The summed E-state index contributed by atoms with van der Waals surface area (Å²) in [4.78, 5) is 18.0. The van der Waals surface area contributed by atoms with Gasteiger partial charge in [0.15, 0.2) is 0 Å². The zero-order valence-electron chi connectivity index (χ0n) is 11.4. The van der Waals surface area contributed by atoms with E-state index in [4.69, 9.17) is 4.74 Å². The van der Waals surface area contributed by atoms with Crippen LogP contribution in [0.3, 0.4) is 0 Å². The SMILES string of the molecule is COc1cc(NCCC(=O)N2CCCCC2)ccn1. The Morgan fingerprint density at radius 2 is 2.21 bits per heavy atom. The minimum atomic E-state index is 0.244. The van der Waals surface area contributed by atoms with Gasteiger partial charge in [-0.15, -0.1) is 0 Å². The first-order chi connectivity index (χ1) is 9.29. The fraction of sp³-hybridized carbons (Fsp3) is 0.571. The van der Waals surface area contributed by atoms with Gasteiger partial charge in [-0.2, -0.15) is 0 Å². The molecule has 1 aliphatic rings. The van der Waals surface area contributed by atoms with E-state index in [1.165, 1.54) is 6.42 Å². The van der Waals surface area contributed by atoms with E-state index in [1.807, 2.05) is 17.0 Å². The van der Waals surface area contributed by atoms with Crippen LogP contribution in [0.2, 0.25) is 0 Å². The van der Waals surface area contributed by atoms with Gasteiger partial charge in [0.1, 0.15) is 0 Å². The number of carbonyl (C=O) groups excluding carboxylic acids is 1. The molecule has 5 nitrogen and oxygen atoms in total. The fourth-order valence-corrected chi connectivity index (χ4v) is 2.25. The van der Waals surface area contributed by atoms with Gasteiger partial charge in [0.25, 0.3) is 0 Å². The molecule has 0 aliphatic carbocycles. The maximum Gasteiger partial charge on any atom is 0.224 e. The number of hydrogen-bond acceptors (Lipinski definition) is 4. The Bertz CT molecular complexity index is 417. The van der Waals surface area contributed by atoms with Crippen LogP contribution in [0.15, 0.2) is 18.3 Å². The summed E-state index contributed by atoms with van der Waals surface area (Å²) in [5, 5.41) is 3.22. The predicted octanol–water partition coefficient (Wildman–Crippen LogP) is 1.90. The number of pyridine rings is 1. The smallest absolute Gasteiger partial charge is 0.224 e. The van der Waals surface area contributed by atoms with Crippen molar-refractivity contribution in [2.24, 2.45) is 0 Å². The average molecular weight is 263 g/mol. The molecular weight excluding hydrogens is 242 g/mol. The van der Waals surface area contributed by atoms with E-state index in [-0.39, 0.29) is 5.91 Å². The summed E-state index contributed by atoms with van der Waals surface area (Å²) in [6, 6.07) is 3.69. The third-order valence-corrected chi connectivity index (χ3v) is 3.32. The van der Waals surface area contributed by atoms with E-state index < -0.39 is 0 Å². The summed E-state index contributed by atoms with van der Waals surface area (Å²) in [5.41, 5.74) is 0.929. The second kappa shape index (κ2) is 6.97. The molecule has 2 rings (SSSR count). The Hall–Kier alpha value is -1.78. The summed E-state index contributed by atoms with van der Waals surface area (Å²) < 4.78 is 5.05. The molecule has 1 saturated heterocycles. The molecular formula is C14H21N3O2. The van der Waals surface area contributed by atoms with Crippen molar-refractivity contribution in [3.63, 3.8) is 0 Å². The van der Waals surface area contributed by atoms with E-state index in [9.17, 15) is 4.79 Å².